The number of hydrogen-bond acceptors (Lipinski definition) is 4. The van der Waals surface area contributed by atoms with Crippen LogP contribution in [0.3, 0.4) is 0 Å². The minimum Gasteiger partial charge on any atom is -0.456 e. The lowest BCUT2D eigenvalue weighted by molar-refractivity contribution is 0.669. The molecule has 5 heteroatoms. The minimum absolute atomic E-state index is 0.570. The molecule has 0 unspecified atom stereocenters. The van der Waals surface area contributed by atoms with E-state index in [2.05, 4.69) is 241 Å². The van der Waals surface area contributed by atoms with Crippen LogP contribution in [0, 0.1) is 0 Å². The molecular weight excluding hydrogens is 901 g/mol. The summed E-state index contributed by atoms with van der Waals surface area (Å²) in [7, 11) is 0. The van der Waals surface area contributed by atoms with E-state index in [0.717, 1.165) is 94.3 Å². The van der Waals surface area contributed by atoms with Crippen LogP contribution in [0.2, 0.25) is 0 Å². The van der Waals surface area contributed by atoms with Crippen molar-refractivity contribution in [2.24, 2.45) is 0 Å². The van der Waals surface area contributed by atoms with Gasteiger partial charge in [-0.25, -0.2) is 15.0 Å². The number of fused-ring (bicyclic) bond motifs is 6. The van der Waals surface area contributed by atoms with E-state index in [4.69, 9.17) is 19.4 Å². The van der Waals surface area contributed by atoms with Crippen LogP contribution in [0.15, 0.2) is 271 Å². The van der Waals surface area contributed by atoms with E-state index in [0.29, 0.717) is 17.5 Å². The van der Waals surface area contributed by atoms with Gasteiger partial charge in [-0.3, -0.25) is 0 Å². The number of furan rings is 1. The number of aromatic nitrogens is 4. The van der Waals surface area contributed by atoms with Gasteiger partial charge in [0.25, 0.3) is 0 Å². The minimum atomic E-state index is 0.570. The van der Waals surface area contributed by atoms with Crippen LogP contribution in [-0.4, -0.2) is 19.5 Å². The first-order chi connectivity index (χ1) is 36.6. The Morgan fingerprint density at radius 2 is 0.716 bits per heavy atom. The van der Waals surface area contributed by atoms with Gasteiger partial charge >= 0.3 is 0 Å². The summed E-state index contributed by atoms with van der Waals surface area (Å²) in [6.45, 7) is 0. The normalized spacial score (nSPS) is 11.5. The van der Waals surface area contributed by atoms with Crippen molar-refractivity contribution in [1.82, 2.24) is 19.5 Å². The number of benzene rings is 11. The van der Waals surface area contributed by atoms with Gasteiger partial charge in [0, 0.05) is 43.9 Å². The molecular formula is C69H44N4O. The molecule has 0 N–H and O–H groups in total. The Morgan fingerprint density at radius 1 is 0.257 bits per heavy atom. The van der Waals surface area contributed by atoms with Gasteiger partial charge < -0.3 is 8.98 Å². The molecule has 0 aliphatic carbocycles. The topological polar surface area (TPSA) is 56.7 Å². The van der Waals surface area contributed by atoms with E-state index in [1.165, 1.54) is 27.4 Å². The van der Waals surface area contributed by atoms with Gasteiger partial charge in [-0.2, -0.15) is 0 Å². The van der Waals surface area contributed by atoms with Crippen LogP contribution in [0.1, 0.15) is 0 Å². The van der Waals surface area contributed by atoms with Crippen molar-refractivity contribution >= 4 is 43.7 Å². The molecule has 3 heterocycles. The smallest absolute Gasteiger partial charge is 0.164 e. The van der Waals surface area contributed by atoms with Crippen molar-refractivity contribution in [3.05, 3.63) is 267 Å². The maximum absolute atomic E-state index is 6.63. The first-order valence-electron chi connectivity index (χ1n) is 25.0. The highest BCUT2D eigenvalue weighted by Crippen LogP contribution is 2.41. The average molecular weight is 945 g/mol. The number of hydrogen-bond donors (Lipinski definition) is 0. The quantitative estimate of drug-likeness (QED) is 0.145. The van der Waals surface area contributed by atoms with Crippen molar-refractivity contribution in [2.75, 3.05) is 0 Å². The molecule has 3 aromatic heterocycles. The molecule has 5 nitrogen and oxygen atoms in total. The van der Waals surface area contributed by atoms with E-state index in [-0.39, 0.29) is 0 Å². The maximum atomic E-state index is 6.63. The molecule has 14 aromatic rings. The van der Waals surface area contributed by atoms with E-state index < -0.39 is 0 Å². The summed E-state index contributed by atoms with van der Waals surface area (Å²) in [5.41, 5.74) is 19.1. The van der Waals surface area contributed by atoms with Crippen molar-refractivity contribution in [1.29, 1.82) is 0 Å². The molecule has 0 fully saturated rings. The van der Waals surface area contributed by atoms with Gasteiger partial charge in [0.15, 0.2) is 17.5 Å². The zero-order chi connectivity index (χ0) is 49.0. The Hall–Kier alpha value is -9.97. The van der Waals surface area contributed by atoms with Crippen molar-refractivity contribution in [3.63, 3.8) is 0 Å². The third-order valence-corrected chi connectivity index (χ3v) is 14.2. The summed E-state index contributed by atoms with van der Waals surface area (Å²) < 4.78 is 9.01. The second-order valence-corrected chi connectivity index (χ2v) is 18.8. The third-order valence-electron chi connectivity index (χ3n) is 14.2. The summed E-state index contributed by atoms with van der Waals surface area (Å²) in [5.74, 6) is 1.75. The maximum Gasteiger partial charge on any atom is 0.164 e. The van der Waals surface area contributed by atoms with Crippen LogP contribution in [0.5, 0.6) is 0 Å². The average Bonchev–Trinajstić information content (AvgIpc) is 4.03. The summed E-state index contributed by atoms with van der Waals surface area (Å²) in [5, 5.41) is 4.34. The molecule has 74 heavy (non-hydrogen) atoms. The van der Waals surface area contributed by atoms with Gasteiger partial charge in [-0.15, -0.1) is 0 Å². The Labute approximate surface area is 428 Å². The molecule has 0 aliphatic heterocycles. The molecule has 0 saturated heterocycles. The molecule has 0 atom stereocenters. The third kappa shape index (κ3) is 7.72. The van der Waals surface area contributed by atoms with Crippen LogP contribution in [0.25, 0.3) is 139 Å². The van der Waals surface area contributed by atoms with E-state index in [1.807, 2.05) is 30.3 Å². The van der Waals surface area contributed by atoms with Crippen molar-refractivity contribution in [2.45, 2.75) is 0 Å². The number of rotatable bonds is 9. The first kappa shape index (κ1) is 42.9. The zero-order valence-corrected chi connectivity index (χ0v) is 40.1. The molecule has 0 radical (unpaired) electrons. The highest BCUT2D eigenvalue weighted by molar-refractivity contribution is 6.14. The van der Waals surface area contributed by atoms with Gasteiger partial charge in [0.05, 0.1) is 11.0 Å². The second-order valence-electron chi connectivity index (χ2n) is 18.8. The molecule has 0 spiro atoms. The van der Waals surface area contributed by atoms with Gasteiger partial charge in [-0.1, -0.05) is 194 Å². The molecule has 11 aromatic carbocycles. The van der Waals surface area contributed by atoms with Crippen LogP contribution in [0.4, 0.5) is 0 Å². The fourth-order valence-electron chi connectivity index (χ4n) is 10.6. The lowest BCUT2D eigenvalue weighted by Crippen LogP contribution is -2.00. The fourth-order valence-corrected chi connectivity index (χ4v) is 10.6. The van der Waals surface area contributed by atoms with Crippen LogP contribution in [-0.2, 0) is 0 Å². The Bertz CT molecular complexity index is 4350. The van der Waals surface area contributed by atoms with Crippen molar-refractivity contribution < 1.29 is 4.42 Å². The monoisotopic (exact) mass is 944 g/mol. The number of nitrogens with zero attached hydrogens (tertiary/aromatic N) is 4. The predicted molar refractivity (Wildman–Crippen MR) is 305 cm³/mol. The molecule has 346 valence electrons. The highest BCUT2D eigenvalue weighted by atomic mass is 16.3. The Kier molecular flexibility index (Phi) is 10.4. The summed E-state index contributed by atoms with van der Waals surface area (Å²) in [6.07, 6.45) is 0. The highest BCUT2D eigenvalue weighted by Gasteiger charge is 2.20. The van der Waals surface area contributed by atoms with Gasteiger partial charge in [0.1, 0.15) is 11.2 Å². The zero-order valence-electron chi connectivity index (χ0n) is 40.1. The molecule has 14 rings (SSSR count). The molecule has 0 bridgehead atoms. The van der Waals surface area contributed by atoms with Gasteiger partial charge in [-0.05, 0) is 128 Å². The summed E-state index contributed by atoms with van der Waals surface area (Å²) in [6, 6.07) is 94.3. The lowest BCUT2D eigenvalue weighted by Gasteiger charge is -2.13. The fraction of sp³-hybridized carbons (Fsp3) is 0. The number of para-hydroxylation sites is 1. The van der Waals surface area contributed by atoms with Crippen molar-refractivity contribution in [3.8, 4) is 95.5 Å². The van der Waals surface area contributed by atoms with E-state index >= 15 is 0 Å². The SMILES string of the molecule is c1ccc(-c2cc(-c3ccccc3)cc(-c3cccc(-c4nc(-c5ccccc5)nc(-c5cccc6oc7ccc(-c8ccc9c(c8)c8ccccc8n9-c8cccc(-c9ccccc9)c8)cc7c56)n4)c3)c2)cc1. The largest absolute Gasteiger partial charge is 0.456 e. The Morgan fingerprint density at radius 3 is 1.41 bits per heavy atom. The second kappa shape index (κ2) is 18.0. The Balaban J connectivity index is 0.889. The standard InChI is InChI=1S/C69H44N4O/c1-5-18-45(19-6-1)50-27-16-29-57(42-50)73-62-32-14-13-30-58(62)60-43-51(34-36-63(60)73)52-35-37-64-61(44-52)66-59(31-17-33-65(66)74-64)69-71-67(48-24-11-4-12-25-48)70-68(72-69)53-28-15-26-49(38-53)56-40-54(46-20-7-2-8-21-46)39-55(41-56)47-22-9-3-10-23-47/h1-44H. The molecule has 0 amide bonds. The van der Waals surface area contributed by atoms with Crippen LogP contribution < -0.4 is 0 Å². The van der Waals surface area contributed by atoms with E-state index in [9.17, 15) is 0 Å². The molecule has 0 aliphatic rings. The molecule has 0 saturated carbocycles. The van der Waals surface area contributed by atoms with E-state index in [1.54, 1.807) is 0 Å². The predicted octanol–water partition coefficient (Wildman–Crippen LogP) is 18.2. The van der Waals surface area contributed by atoms with Crippen LogP contribution >= 0.6 is 0 Å². The van der Waals surface area contributed by atoms with Gasteiger partial charge in [0.2, 0.25) is 0 Å². The lowest BCUT2D eigenvalue weighted by atomic mass is 9.93. The summed E-state index contributed by atoms with van der Waals surface area (Å²) >= 11 is 0. The summed E-state index contributed by atoms with van der Waals surface area (Å²) in [4.78, 5) is 15.7. The first-order valence-corrected chi connectivity index (χ1v) is 25.0.